The van der Waals surface area contributed by atoms with Crippen molar-refractivity contribution in [1.82, 2.24) is 5.32 Å². The minimum atomic E-state index is 0.269. The smallest absolute Gasteiger partial charge is 0.0443 e. The Bertz CT molecular complexity index is 318. The van der Waals surface area contributed by atoms with Crippen LogP contribution >= 0.6 is 0 Å². The summed E-state index contributed by atoms with van der Waals surface area (Å²) in [5.74, 6) is 1.24. The highest BCUT2D eigenvalue weighted by molar-refractivity contribution is 5.25. The van der Waals surface area contributed by atoms with Crippen LogP contribution in [0.1, 0.15) is 44.2 Å². The Morgan fingerprint density at radius 1 is 1.11 bits per heavy atom. The van der Waals surface area contributed by atoms with Crippen LogP contribution in [0.3, 0.4) is 0 Å². The summed E-state index contributed by atoms with van der Waals surface area (Å²) in [6.07, 6.45) is 1.99. The van der Waals surface area contributed by atoms with Gasteiger partial charge < -0.3 is 10.4 Å². The predicted octanol–water partition coefficient (Wildman–Crippen LogP) is 2.96. The molecule has 1 atom stereocenters. The van der Waals surface area contributed by atoms with E-state index in [1.165, 1.54) is 11.1 Å². The summed E-state index contributed by atoms with van der Waals surface area (Å²) in [5, 5.41) is 12.1. The maximum Gasteiger partial charge on any atom is 0.0443 e. The van der Waals surface area contributed by atoms with Crippen molar-refractivity contribution in [2.24, 2.45) is 5.92 Å². The standard InChI is InChI=1S/C16H27NO/c1-13(2)11-15-5-7-16(8-6-15)14(3)12-17-9-4-10-18/h5-8,13-14,17-18H,4,9-12H2,1-3H3. The topological polar surface area (TPSA) is 32.3 Å². The van der Waals surface area contributed by atoms with E-state index in [2.05, 4.69) is 50.4 Å². The molecule has 0 fully saturated rings. The quantitative estimate of drug-likeness (QED) is 0.694. The summed E-state index contributed by atoms with van der Waals surface area (Å²) in [5.41, 5.74) is 2.81. The number of benzene rings is 1. The maximum absolute atomic E-state index is 8.71. The molecule has 0 aliphatic heterocycles. The van der Waals surface area contributed by atoms with Crippen molar-refractivity contribution in [2.75, 3.05) is 19.7 Å². The molecule has 1 unspecified atom stereocenters. The van der Waals surface area contributed by atoms with Gasteiger partial charge in [-0.25, -0.2) is 0 Å². The summed E-state index contributed by atoms with van der Waals surface area (Å²) in [7, 11) is 0. The third-order valence-electron chi connectivity index (χ3n) is 3.15. The van der Waals surface area contributed by atoms with Gasteiger partial charge in [-0.3, -0.25) is 0 Å². The van der Waals surface area contributed by atoms with Gasteiger partial charge in [0, 0.05) is 13.2 Å². The average Bonchev–Trinajstić information content (AvgIpc) is 2.34. The molecular formula is C16H27NO. The van der Waals surface area contributed by atoms with Crippen LogP contribution in [-0.2, 0) is 6.42 Å². The molecule has 2 N–H and O–H groups in total. The van der Waals surface area contributed by atoms with Crippen molar-refractivity contribution in [1.29, 1.82) is 0 Å². The lowest BCUT2D eigenvalue weighted by Crippen LogP contribution is -2.21. The van der Waals surface area contributed by atoms with Crippen LogP contribution in [-0.4, -0.2) is 24.8 Å². The minimum Gasteiger partial charge on any atom is -0.396 e. The van der Waals surface area contributed by atoms with E-state index in [1.54, 1.807) is 0 Å². The Hall–Kier alpha value is -0.860. The Kier molecular flexibility index (Phi) is 6.99. The van der Waals surface area contributed by atoms with E-state index in [-0.39, 0.29) is 6.61 Å². The van der Waals surface area contributed by atoms with Gasteiger partial charge in [-0.05, 0) is 42.3 Å². The zero-order valence-corrected chi connectivity index (χ0v) is 11.9. The molecule has 0 aliphatic rings. The molecule has 18 heavy (non-hydrogen) atoms. The summed E-state index contributed by atoms with van der Waals surface area (Å²) < 4.78 is 0. The SMILES string of the molecule is CC(C)Cc1ccc(C(C)CNCCCO)cc1. The largest absolute Gasteiger partial charge is 0.396 e. The van der Waals surface area contributed by atoms with Gasteiger partial charge in [0.2, 0.25) is 0 Å². The molecule has 0 saturated heterocycles. The minimum absolute atomic E-state index is 0.269. The van der Waals surface area contributed by atoms with Crippen molar-refractivity contribution in [3.8, 4) is 0 Å². The molecule has 0 aromatic heterocycles. The third kappa shape index (κ3) is 5.65. The van der Waals surface area contributed by atoms with E-state index in [0.717, 1.165) is 25.9 Å². The number of aliphatic hydroxyl groups is 1. The van der Waals surface area contributed by atoms with Gasteiger partial charge in [0.05, 0.1) is 0 Å². The van der Waals surface area contributed by atoms with Crippen molar-refractivity contribution >= 4 is 0 Å². The van der Waals surface area contributed by atoms with E-state index >= 15 is 0 Å². The van der Waals surface area contributed by atoms with Gasteiger partial charge in [-0.15, -0.1) is 0 Å². The summed E-state index contributed by atoms with van der Waals surface area (Å²) in [6, 6.07) is 8.99. The zero-order valence-electron chi connectivity index (χ0n) is 11.9. The number of hydrogen-bond acceptors (Lipinski definition) is 2. The molecule has 2 nitrogen and oxygen atoms in total. The van der Waals surface area contributed by atoms with E-state index in [0.29, 0.717) is 11.8 Å². The van der Waals surface area contributed by atoms with Gasteiger partial charge in [0.1, 0.15) is 0 Å². The third-order valence-corrected chi connectivity index (χ3v) is 3.15. The molecule has 0 bridgehead atoms. The molecule has 0 saturated carbocycles. The second-order valence-electron chi connectivity index (χ2n) is 5.52. The Labute approximate surface area is 111 Å². The predicted molar refractivity (Wildman–Crippen MR) is 78.0 cm³/mol. The molecule has 0 aliphatic carbocycles. The molecule has 0 amide bonds. The Morgan fingerprint density at radius 2 is 1.78 bits per heavy atom. The van der Waals surface area contributed by atoms with Gasteiger partial charge >= 0.3 is 0 Å². The number of rotatable bonds is 8. The van der Waals surface area contributed by atoms with Crippen molar-refractivity contribution < 1.29 is 5.11 Å². The lowest BCUT2D eigenvalue weighted by Gasteiger charge is -2.14. The Balaban J connectivity index is 2.41. The fourth-order valence-corrected chi connectivity index (χ4v) is 2.09. The average molecular weight is 249 g/mol. The normalized spacial score (nSPS) is 12.9. The highest BCUT2D eigenvalue weighted by Crippen LogP contribution is 2.16. The monoisotopic (exact) mass is 249 g/mol. The zero-order chi connectivity index (χ0) is 13.4. The molecule has 102 valence electrons. The molecular weight excluding hydrogens is 222 g/mol. The van der Waals surface area contributed by atoms with E-state index < -0.39 is 0 Å². The first-order chi connectivity index (χ1) is 8.63. The molecule has 1 rings (SSSR count). The fourth-order valence-electron chi connectivity index (χ4n) is 2.09. The molecule has 0 radical (unpaired) electrons. The van der Waals surface area contributed by atoms with E-state index in [4.69, 9.17) is 5.11 Å². The molecule has 1 aromatic rings. The molecule has 1 aromatic carbocycles. The first kappa shape index (κ1) is 15.2. The highest BCUT2D eigenvalue weighted by atomic mass is 16.3. The van der Waals surface area contributed by atoms with Crippen LogP contribution in [0.2, 0.25) is 0 Å². The first-order valence-electron chi connectivity index (χ1n) is 7.04. The highest BCUT2D eigenvalue weighted by Gasteiger charge is 2.05. The van der Waals surface area contributed by atoms with Gasteiger partial charge in [0.15, 0.2) is 0 Å². The Morgan fingerprint density at radius 3 is 2.33 bits per heavy atom. The summed E-state index contributed by atoms with van der Waals surface area (Å²) in [6.45, 7) is 8.88. The van der Waals surface area contributed by atoms with Crippen LogP contribution in [0.15, 0.2) is 24.3 Å². The second-order valence-corrected chi connectivity index (χ2v) is 5.52. The summed E-state index contributed by atoms with van der Waals surface area (Å²) in [4.78, 5) is 0. The van der Waals surface area contributed by atoms with Gasteiger partial charge in [0.25, 0.3) is 0 Å². The van der Waals surface area contributed by atoms with Crippen LogP contribution in [0, 0.1) is 5.92 Å². The van der Waals surface area contributed by atoms with Gasteiger partial charge in [-0.2, -0.15) is 0 Å². The first-order valence-corrected chi connectivity index (χ1v) is 7.04. The molecule has 0 heterocycles. The van der Waals surface area contributed by atoms with Crippen LogP contribution in [0.25, 0.3) is 0 Å². The van der Waals surface area contributed by atoms with Crippen molar-refractivity contribution in [3.05, 3.63) is 35.4 Å². The number of hydrogen-bond donors (Lipinski definition) is 2. The number of aliphatic hydroxyl groups excluding tert-OH is 1. The van der Waals surface area contributed by atoms with Crippen LogP contribution in [0.4, 0.5) is 0 Å². The van der Waals surface area contributed by atoms with E-state index in [9.17, 15) is 0 Å². The molecule has 0 spiro atoms. The van der Waals surface area contributed by atoms with E-state index in [1.807, 2.05) is 0 Å². The lowest BCUT2D eigenvalue weighted by atomic mass is 9.97. The van der Waals surface area contributed by atoms with Gasteiger partial charge in [-0.1, -0.05) is 45.0 Å². The maximum atomic E-state index is 8.71. The number of nitrogens with one attached hydrogen (secondary N) is 1. The molecule has 2 heteroatoms. The lowest BCUT2D eigenvalue weighted by molar-refractivity contribution is 0.286. The van der Waals surface area contributed by atoms with Crippen LogP contribution in [0.5, 0.6) is 0 Å². The summed E-state index contributed by atoms with van der Waals surface area (Å²) >= 11 is 0. The van der Waals surface area contributed by atoms with Crippen molar-refractivity contribution in [3.63, 3.8) is 0 Å². The van der Waals surface area contributed by atoms with Crippen LogP contribution < -0.4 is 5.32 Å². The fraction of sp³-hybridized carbons (Fsp3) is 0.625. The van der Waals surface area contributed by atoms with Crippen molar-refractivity contribution in [2.45, 2.75) is 39.5 Å². The second kappa shape index (κ2) is 8.28.